The molecule has 2 aromatic rings. The molecule has 16 heavy (non-hydrogen) atoms. The number of para-hydroxylation sites is 1. The number of aromatic amines is 1. The highest BCUT2D eigenvalue weighted by molar-refractivity contribution is 5.87. The van der Waals surface area contributed by atoms with Crippen LogP contribution in [0.4, 0.5) is 0 Å². The van der Waals surface area contributed by atoms with Gasteiger partial charge in [0.15, 0.2) is 0 Å². The summed E-state index contributed by atoms with van der Waals surface area (Å²) in [5, 5.41) is 13.8. The molecule has 0 fully saturated rings. The number of aromatic nitrogens is 1. The number of hydrogen-bond donors (Lipinski definition) is 3. The Morgan fingerprint density at radius 1 is 1.31 bits per heavy atom. The van der Waals surface area contributed by atoms with Crippen LogP contribution in [0.25, 0.3) is 10.9 Å². The molecule has 0 spiro atoms. The third kappa shape index (κ3) is 1.44. The van der Waals surface area contributed by atoms with Gasteiger partial charge in [0, 0.05) is 42.7 Å². The lowest BCUT2D eigenvalue weighted by Crippen LogP contribution is -2.22. The van der Waals surface area contributed by atoms with Crippen molar-refractivity contribution in [3.05, 3.63) is 35.0 Å². The number of fused-ring (bicyclic) bond motifs is 3. The van der Waals surface area contributed by atoms with Crippen LogP contribution in [0.3, 0.4) is 0 Å². The summed E-state index contributed by atoms with van der Waals surface area (Å²) in [4.78, 5) is 3.52. The predicted molar refractivity (Wildman–Crippen MR) is 64.5 cm³/mol. The quantitative estimate of drug-likeness (QED) is 0.709. The van der Waals surface area contributed by atoms with Gasteiger partial charge in [0.2, 0.25) is 0 Å². The fourth-order valence-corrected chi connectivity index (χ4v) is 2.56. The average Bonchev–Trinajstić information content (AvgIpc) is 2.69. The Morgan fingerprint density at radius 2 is 2.25 bits per heavy atom. The first kappa shape index (κ1) is 9.87. The summed E-state index contributed by atoms with van der Waals surface area (Å²) in [6.45, 7) is 2.22. The van der Waals surface area contributed by atoms with Crippen LogP contribution in [0, 0.1) is 0 Å². The maximum atomic E-state index is 9.06. The summed E-state index contributed by atoms with van der Waals surface area (Å²) in [5.74, 6) is 0. The van der Waals surface area contributed by atoms with Crippen LogP contribution in [0.15, 0.2) is 18.2 Å². The molecular formula is C13H16N2O. The van der Waals surface area contributed by atoms with E-state index in [0.717, 1.165) is 25.9 Å². The van der Waals surface area contributed by atoms with Gasteiger partial charge in [-0.15, -0.1) is 0 Å². The van der Waals surface area contributed by atoms with Gasteiger partial charge in [-0.1, -0.05) is 18.2 Å². The van der Waals surface area contributed by atoms with Crippen LogP contribution in [0.2, 0.25) is 0 Å². The van der Waals surface area contributed by atoms with Gasteiger partial charge in [-0.3, -0.25) is 0 Å². The third-order valence-electron chi connectivity index (χ3n) is 3.35. The summed E-state index contributed by atoms with van der Waals surface area (Å²) in [6, 6.07) is 6.34. The molecule has 0 atom stereocenters. The molecule has 0 aliphatic carbocycles. The van der Waals surface area contributed by atoms with Crippen LogP contribution in [-0.4, -0.2) is 23.2 Å². The first-order valence-electron chi connectivity index (χ1n) is 5.83. The molecule has 0 bridgehead atoms. The van der Waals surface area contributed by atoms with Gasteiger partial charge in [-0.05, 0) is 17.5 Å². The van der Waals surface area contributed by atoms with Crippen molar-refractivity contribution in [3.63, 3.8) is 0 Å². The zero-order chi connectivity index (χ0) is 11.0. The van der Waals surface area contributed by atoms with E-state index in [1.807, 2.05) is 0 Å². The number of benzene rings is 1. The second kappa shape index (κ2) is 3.92. The van der Waals surface area contributed by atoms with E-state index in [1.54, 1.807) is 0 Å². The standard InChI is InChI=1S/C13H16N2O/c16-7-5-9-2-1-3-10-11-8-14-6-4-12(11)15-13(9)10/h1-3,14-16H,4-8H2. The van der Waals surface area contributed by atoms with Crippen molar-refractivity contribution < 1.29 is 5.11 Å². The van der Waals surface area contributed by atoms with Crippen molar-refractivity contribution in [2.75, 3.05) is 13.2 Å². The van der Waals surface area contributed by atoms with E-state index in [4.69, 9.17) is 5.11 Å². The van der Waals surface area contributed by atoms with Crippen molar-refractivity contribution >= 4 is 10.9 Å². The van der Waals surface area contributed by atoms with Gasteiger partial charge >= 0.3 is 0 Å². The molecule has 2 heterocycles. The third-order valence-corrected chi connectivity index (χ3v) is 3.35. The van der Waals surface area contributed by atoms with Crippen molar-refractivity contribution in [1.82, 2.24) is 10.3 Å². The van der Waals surface area contributed by atoms with Gasteiger partial charge < -0.3 is 15.4 Å². The Hall–Kier alpha value is -1.32. The molecule has 0 unspecified atom stereocenters. The number of rotatable bonds is 2. The van der Waals surface area contributed by atoms with Crippen molar-refractivity contribution in [2.24, 2.45) is 0 Å². The normalized spacial score (nSPS) is 15.3. The molecule has 1 aromatic carbocycles. The lowest BCUT2D eigenvalue weighted by molar-refractivity contribution is 0.300. The van der Waals surface area contributed by atoms with Crippen molar-refractivity contribution in [2.45, 2.75) is 19.4 Å². The molecule has 0 saturated heterocycles. The van der Waals surface area contributed by atoms with Crippen LogP contribution in [0.1, 0.15) is 16.8 Å². The van der Waals surface area contributed by atoms with Gasteiger partial charge in [0.25, 0.3) is 0 Å². The Kier molecular flexibility index (Phi) is 2.42. The van der Waals surface area contributed by atoms with Crippen LogP contribution < -0.4 is 5.32 Å². The first-order chi connectivity index (χ1) is 7.90. The number of nitrogens with one attached hydrogen (secondary N) is 2. The molecule has 0 saturated carbocycles. The molecule has 84 valence electrons. The molecule has 1 aliphatic rings. The van der Waals surface area contributed by atoms with E-state index in [9.17, 15) is 0 Å². The molecule has 3 rings (SSSR count). The minimum absolute atomic E-state index is 0.209. The molecular weight excluding hydrogens is 200 g/mol. The molecule has 0 radical (unpaired) electrons. The Morgan fingerprint density at radius 3 is 3.12 bits per heavy atom. The summed E-state index contributed by atoms with van der Waals surface area (Å²) >= 11 is 0. The summed E-state index contributed by atoms with van der Waals surface area (Å²) < 4.78 is 0. The highest BCUT2D eigenvalue weighted by Gasteiger charge is 2.15. The van der Waals surface area contributed by atoms with Crippen molar-refractivity contribution in [1.29, 1.82) is 0 Å². The lowest BCUT2D eigenvalue weighted by atomic mass is 10.0. The van der Waals surface area contributed by atoms with E-state index < -0.39 is 0 Å². The largest absolute Gasteiger partial charge is 0.396 e. The molecule has 3 nitrogen and oxygen atoms in total. The predicted octanol–water partition coefficient (Wildman–Crippen LogP) is 1.35. The topological polar surface area (TPSA) is 48.0 Å². The second-order valence-electron chi connectivity index (χ2n) is 4.32. The summed E-state index contributed by atoms with van der Waals surface area (Å²) in [7, 11) is 0. The fourth-order valence-electron chi connectivity index (χ4n) is 2.56. The zero-order valence-corrected chi connectivity index (χ0v) is 9.21. The minimum Gasteiger partial charge on any atom is -0.396 e. The smallest absolute Gasteiger partial charge is 0.0492 e. The molecule has 3 N–H and O–H groups in total. The first-order valence-corrected chi connectivity index (χ1v) is 5.83. The van der Waals surface area contributed by atoms with Gasteiger partial charge in [0.05, 0.1) is 0 Å². The lowest BCUT2D eigenvalue weighted by Gasteiger charge is -2.12. The zero-order valence-electron chi connectivity index (χ0n) is 9.21. The minimum atomic E-state index is 0.209. The van der Waals surface area contributed by atoms with E-state index >= 15 is 0 Å². The SMILES string of the molecule is OCCc1cccc2c3c([nH]c12)CCNC3. The molecule has 1 aliphatic heterocycles. The monoisotopic (exact) mass is 216 g/mol. The molecule has 0 amide bonds. The van der Waals surface area contributed by atoms with Gasteiger partial charge in [-0.2, -0.15) is 0 Å². The Bertz CT molecular complexity index is 516. The second-order valence-corrected chi connectivity index (χ2v) is 4.32. The molecule has 3 heteroatoms. The number of aliphatic hydroxyl groups excluding tert-OH is 1. The van der Waals surface area contributed by atoms with Gasteiger partial charge in [0.1, 0.15) is 0 Å². The summed E-state index contributed by atoms with van der Waals surface area (Å²) in [6.07, 6.45) is 1.80. The summed E-state index contributed by atoms with van der Waals surface area (Å²) in [5.41, 5.74) is 5.19. The maximum absolute atomic E-state index is 9.06. The van der Waals surface area contributed by atoms with E-state index in [1.165, 1.54) is 27.7 Å². The van der Waals surface area contributed by atoms with E-state index in [-0.39, 0.29) is 6.61 Å². The number of aliphatic hydroxyl groups is 1. The Labute approximate surface area is 94.5 Å². The number of H-pyrrole nitrogens is 1. The van der Waals surface area contributed by atoms with E-state index in [0.29, 0.717) is 0 Å². The van der Waals surface area contributed by atoms with E-state index in [2.05, 4.69) is 28.5 Å². The van der Waals surface area contributed by atoms with Crippen LogP contribution in [0.5, 0.6) is 0 Å². The molecule has 1 aromatic heterocycles. The number of hydrogen-bond acceptors (Lipinski definition) is 2. The van der Waals surface area contributed by atoms with Gasteiger partial charge in [-0.25, -0.2) is 0 Å². The Balaban J connectivity index is 2.21. The average molecular weight is 216 g/mol. The highest BCUT2D eigenvalue weighted by Crippen LogP contribution is 2.27. The van der Waals surface area contributed by atoms with Crippen LogP contribution >= 0.6 is 0 Å². The van der Waals surface area contributed by atoms with Crippen molar-refractivity contribution in [3.8, 4) is 0 Å². The maximum Gasteiger partial charge on any atom is 0.0492 e. The highest BCUT2D eigenvalue weighted by atomic mass is 16.2. The van der Waals surface area contributed by atoms with Crippen LogP contribution in [-0.2, 0) is 19.4 Å². The fraction of sp³-hybridized carbons (Fsp3) is 0.385.